The van der Waals surface area contributed by atoms with Gasteiger partial charge in [0.05, 0.1) is 5.56 Å². The van der Waals surface area contributed by atoms with Gasteiger partial charge in [-0.2, -0.15) is 13.2 Å². The molecule has 0 aliphatic carbocycles. The molecule has 0 N–H and O–H groups in total. The van der Waals surface area contributed by atoms with Crippen molar-refractivity contribution in [2.45, 2.75) is 39.1 Å². The van der Waals surface area contributed by atoms with Crippen LogP contribution in [0.4, 0.5) is 13.2 Å². The van der Waals surface area contributed by atoms with Gasteiger partial charge in [0.15, 0.2) is 0 Å². The lowest BCUT2D eigenvalue weighted by Crippen LogP contribution is -2.05. The second-order valence-corrected chi connectivity index (χ2v) is 5.59. The fourth-order valence-electron chi connectivity index (χ4n) is 1.93. The Morgan fingerprint density at radius 1 is 1.04 bits per heavy atom. The molecule has 2 aromatic carbocycles. The molecular weight excluding hydrogens is 315 g/mol. The monoisotopic (exact) mass is 335 g/mol. The molecule has 2 nitrogen and oxygen atoms in total. The molecule has 2 aromatic rings. The number of rotatable bonds is 6. The Balaban J connectivity index is 1.91. The van der Waals surface area contributed by atoms with E-state index in [4.69, 9.17) is 4.74 Å². The maximum Gasteiger partial charge on any atom is 0.416 e. The normalized spacial score (nSPS) is 13.2. The average Bonchev–Trinajstić information content (AvgIpc) is 2.58. The molecule has 0 aromatic heterocycles. The van der Waals surface area contributed by atoms with Crippen LogP contribution in [0.1, 0.15) is 37.0 Å². The number of hydrogen-bond donors (Lipinski definition) is 0. The number of nitrogens with zero attached hydrogens (tertiary/aromatic N) is 1. The van der Waals surface area contributed by atoms with E-state index in [1.54, 1.807) is 0 Å². The van der Waals surface area contributed by atoms with Crippen LogP contribution in [-0.2, 0) is 12.8 Å². The first-order valence-electron chi connectivity index (χ1n) is 7.80. The first kappa shape index (κ1) is 18.0. The molecule has 0 saturated carbocycles. The molecule has 1 unspecified atom stereocenters. The van der Waals surface area contributed by atoms with Gasteiger partial charge in [-0.05, 0) is 60.9 Å². The van der Waals surface area contributed by atoms with Crippen molar-refractivity contribution < 1.29 is 17.9 Å². The molecule has 5 heteroatoms. The summed E-state index contributed by atoms with van der Waals surface area (Å²) in [5.41, 5.74) is 1.01. The van der Waals surface area contributed by atoms with Crippen LogP contribution >= 0.6 is 0 Å². The van der Waals surface area contributed by atoms with Gasteiger partial charge < -0.3 is 4.74 Å². The number of hydrogen-bond acceptors (Lipinski definition) is 2. The van der Waals surface area contributed by atoms with Gasteiger partial charge in [-0.1, -0.05) is 19.1 Å². The molecule has 0 heterocycles. The third kappa shape index (κ3) is 5.41. The third-order valence-corrected chi connectivity index (χ3v) is 3.64. The third-order valence-electron chi connectivity index (χ3n) is 3.64. The molecule has 0 saturated heterocycles. The molecule has 0 radical (unpaired) electrons. The van der Waals surface area contributed by atoms with E-state index < -0.39 is 11.7 Å². The summed E-state index contributed by atoms with van der Waals surface area (Å²) < 4.78 is 43.1. The number of ether oxygens (including phenoxy) is 1. The zero-order chi connectivity index (χ0) is 17.6. The van der Waals surface area contributed by atoms with Gasteiger partial charge in [-0.25, -0.2) is 0 Å². The van der Waals surface area contributed by atoms with Crippen LogP contribution in [0.2, 0.25) is 0 Å². The Bertz CT molecular complexity index is 661. The minimum atomic E-state index is -4.31. The molecule has 0 bridgehead atoms. The number of halogens is 3. The smallest absolute Gasteiger partial charge is 0.416 e. The number of aliphatic imine (C=N–C) groups is 1. The Morgan fingerprint density at radius 3 is 2.21 bits per heavy atom. The second-order valence-electron chi connectivity index (χ2n) is 5.59. The highest BCUT2D eigenvalue weighted by molar-refractivity contribution is 5.79. The van der Waals surface area contributed by atoms with E-state index in [0.29, 0.717) is 17.4 Å². The molecular formula is C19H20F3NO. The van der Waals surface area contributed by atoms with Crippen molar-refractivity contribution in [1.29, 1.82) is 0 Å². The Labute approximate surface area is 140 Å². The minimum absolute atomic E-state index is 0.221. The summed E-state index contributed by atoms with van der Waals surface area (Å²) in [6, 6.07) is 12.7. The topological polar surface area (TPSA) is 21.6 Å². The Hall–Kier alpha value is -2.30. The van der Waals surface area contributed by atoms with E-state index in [1.165, 1.54) is 12.1 Å². The van der Waals surface area contributed by atoms with Gasteiger partial charge in [-0.15, -0.1) is 0 Å². The molecule has 0 fully saturated rings. The first-order valence-corrected chi connectivity index (χ1v) is 7.80. The molecule has 0 spiro atoms. The van der Waals surface area contributed by atoms with E-state index in [9.17, 15) is 13.2 Å². The van der Waals surface area contributed by atoms with Gasteiger partial charge in [0.25, 0.3) is 0 Å². The van der Waals surface area contributed by atoms with Crippen LogP contribution < -0.4 is 4.74 Å². The van der Waals surface area contributed by atoms with Gasteiger partial charge in [0.2, 0.25) is 0 Å². The Morgan fingerprint density at radius 2 is 1.67 bits per heavy atom. The summed E-state index contributed by atoms with van der Waals surface area (Å²) in [5.74, 6) is 0.663. The molecule has 2 rings (SSSR count). The van der Waals surface area contributed by atoms with Crippen molar-refractivity contribution in [1.82, 2.24) is 0 Å². The molecule has 0 amide bonds. The first-order chi connectivity index (χ1) is 11.4. The van der Waals surface area contributed by atoms with Crippen molar-refractivity contribution in [2.24, 2.45) is 4.99 Å². The van der Waals surface area contributed by atoms with Gasteiger partial charge in [-0.3, -0.25) is 4.99 Å². The van der Waals surface area contributed by atoms with Gasteiger partial charge in [0, 0.05) is 12.3 Å². The zero-order valence-corrected chi connectivity index (χ0v) is 13.7. The molecule has 0 aliphatic heterocycles. The average molecular weight is 335 g/mol. The maximum atomic E-state index is 12.5. The zero-order valence-electron chi connectivity index (χ0n) is 13.7. The number of alkyl halides is 3. The quantitative estimate of drug-likeness (QED) is 0.639. The van der Waals surface area contributed by atoms with Crippen molar-refractivity contribution in [2.75, 3.05) is 0 Å². The van der Waals surface area contributed by atoms with E-state index in [-0.39, 0.29) is 6.61 Å². The molecule has 0 aliphatic rings. The standard InChI is InChI=1S/C19H20F3NO/c1-3-14(2)23-12-15-6-10-18(11-7-15)24-13-16-4-8-17(9-5-16)19(20,21)22/h4-12,14H,3,13H2,1-2H3. The van der Waals surface area contributed by atoms with Crippen LogP contribution in [-0.4, -0.2) is 12.3 Å². The van der Waals surface area contributed by atoms with Gasteiger partial charge in [0.1, 0.15) is 12.4 Å². The highest BCUT2D eigenvalue weighted by atomic mass is 19.4. The predicted molar refractivity (Wildman–Crippen MR) is 89.6 cm³/mol. The summed E-state index contributed by atoms with van der Waals surface area (Å²) in [5, 5.41) is 0. The van der Waals surface area contributed by atoms with Crippen molar-refractivity contribution in [3.63, 3.8) is 0 Å². The fraction of sp³-hybridized carbons (Fsp3) is 0.316. The summed E-state index contributed by atoms with van der Waals surface area (Å²) in [7, 11) is 0. The SMILES string of the molecule is CCC(C)N=Cc1ccc(OCc2ccc(C(F)(F)F)cc2)cc1. The summed E-state index contributed by atoms with van der Waals surface area (Å²) in [6.45, 7) is 4.36. The Kier molecular flexibility index (Phi) is 6.01. The van der Waals surface area contributed by atoms with Crippen LogP contribution in [0.25, 0.3) is 0 Å². The van der Waals surface area contributed by atoms with E-state index in [2.05, 4.69) is 18.8 Å². The summed E-state index contributed by atoms with van der Waals surface area (Å²) in [4.78, 5) is 4.41. The van der Waals surface area contributed by atoms with Crippen molar-refractivity contribution >= 4 is 6.21 Å². The fourth-order valence-corrected chi connectivity index (χ4v) is 1.93. The van der Waals surface area contributed by atoms with E-state index >= 15 is 0 Å². The summed E-state index contributed by atoms with van der Waals surface area (Å²) in [6.07, 6.45) is -1.50. The molecule has 1 atom stereocenters. The highest BCUT2D eigenvalue weighted by Gasteiger charge is 2.29. The van der Waals surface area contributed by atoms with Crippen LogP contribution in [0.3, 0.4) is 0 Å². The lowest BCUT2D eigenvalue weighted by Gasteiger charge is -2.09. The largest absolute Gasteiger partial charge is 0.489 e. The lowest BCUT2D eigenvalue weighted by molar-refractivity contribution is -0.137. The van der Waals surface area contributed by atoms with Gasteiger partial charge >= 0.3 is 6.18 Å². The molecule has 24 heavy (non-hydrogen) atoms. The second kappa shape index (κ2) is 7.99. The summed E-state index contributed by atoms with van der Waals surface area (Å²) >= 11 is 0. The van der Waals surface area contributed by atoms with Crippen LogP contribution in [0.5, 0.6) is 5.75 Å². The minimum Gasteiger partial charge on any atom is -0.489 e. The van der Waals surface area contributed by atoms with Crippen LogP contribution in [0, 0.1) is 0 Å². The lowest BCUT2D eigenvalue weighted by atomic mass is 10.1. The van der Waals surface area contributed by atoms with Crippen molar-refractivity contribution in [3.8, 4) is 5.75 Å². The van der Waals surface area contributed by atoms with Crippen LogP contribution in [0.15, 0.2) is 53.5 Å². The van der Waals surface area contributed by atoms with Crippen molar-refractivity contribution in [3.05, 3.63) is 65.2 Å². The highest BCUT2D eigenvalue weighted by Crippen LogP contribution is 2.29. The van der Waals surface area contributed by atoms with E-state index in [0.717, 1.165) is 24.1 Å². The number of benzene rings is 2. The molecule has 128 valence electrons. The van der Waals surface area contributed by atoms with E-state index in [1.807, 2.05) is 30.5 Å². The predicted octanol–water partition coefficient (Wildman–Crippen LogP) is 5.50. The maximum absolute atomic E-state index is 12.5.